The van der Waals surface area contributed by atoms with Crippen LogP contribution in [0.4, 0.5) is 4.39 Å². The molecule has 0 aliphatic rings. The fourth-order valence-corrected chi connectivity index (χ4v) is 1.75. The number of imidazole rings is 1. The number of carboxylic acid groups (broad SMARTS) is 1. The van der Waals surface area contributed by atoms with E-state index in [4.69, 9.17) is 16.7 Å². The quantitative estimate of drug-likeness (QED) is 0.802. The van der Waals surface area contributed by atoms with E-state index in [1.54, 1.807) is 0 Å². The molecule has 8 heteroatoms. The van der Waals surface area contributed by atoms with Gasteiger partial charge in [-0.1, -0.05) is 17.7 Å². The maximum atomic E-state index is 13.0. The number of amides is 1. The standard InChI is InChI=1S/C12H9ClFN3O3/c13-7-3-6(1-2-8(7)14)4-15-11(18)9-10(12(19)20)17-5-16-9/h1-3,5H,4H2,(H,15,18)(H,16,17)(H,19,20). The number of halogens is 2. The summed E-state index contributed by atoms with van der Waals surface area (Å²) in [5.74, 6) is -2.48. The Morgan fingerprint density at radius 1 is 1.45 bits per heavy atom. The third kappa shape index (κ3) is 2.94. The molecule has 0 radical (unpaired) electrons. The number of carbonyl (C=O) groups is 2. The lowest BCUT2D eigenvalue weighted by molar-refractivity contribution is 0.0685. The van der Waals surface area contributed by atoms with Crippen LogP contribution < -0.4 is 5.32 Å². The van der Waals surface area contributed by atoms with E-state index < -0.39 is 17.7 Å². The summed E-state index contributed by atoms with van der Waals surface area (Å²) >= 11 is 5.61. The SMILES string of the molecule is O=C(NCc1ccc(F)c(Cl)c1)c1nc[nH]c1C(=O)O. The normalized spacial score (nSPS) is 10.3. The number of aromatic nitrogens is 2. The van der Waals surface area contributed by atoms with Gasteiger partial charge in [-0.25, -0.2) is 14.2 Å². The van der Waals surface area contributed by atoms with Crippen molar-refractivity contribution in [1.29, 1.82) is 0 Å². The zero-order valence-electron chi connectivity index (χ0n) is 9.98. The van der Waals surface area contributed by atoms with Crippen molar-refractivity contribution in [2.45, 2.75) is 6.54 Å². The summed E-state index contributed by atoms with van der Waals surface area (Å²) < 4.78 is 13.0. The molecule has 1 amide bonds. The molecule has 1 aromatic heterocycles. The Kier molecular flexibility index (Phi) is 3.99. The van der Waals surface area contributed by atoms with Gasteiger partial charge in [0.1, 0.15) is 5.82 Å². The van der Waals surface area contributed by atoms with Crippen molar-refractivity contribution < 1.29 is 19.1 Å². The molecule has 1 aromatic carbocycles. The second-order valence-corrected chi connectivity index (χ2v) is 4.27. The molecule has 3 N–H and O–H groups in total. The lowest BCUT2D eigenvalue weighted by Gasteiger charge is -2.05. The van der Waals surface area contributed by atoms with Crippen LogP contribution in [-0.4, -0.2) is 27.0 Å². The highest BCUT2D eigenvalue weighted by Crippen LogP contribution is 2.16. The van der Waals surface area contributed by atoms with Gasteiger partial charge in [0.05, 0.1) is 11.3 Å². The van der Waals surface area contributed by atoms with Gasteiger partial charge in [0, 0.05) is 6.54 Å². The lowest BCUT2D eigenvalue weighted by atomic mass is 10.2. The van der Waals surface area contributed by atoms with E-state index >= 15 is 0 Å². The zero-order chi connectivity index (χ0) is 14.7. The van der Waals surface area contributed by atoms with Crippen molar-refractivity contribution in [3.8, 4) is 0 Å². The number of carbonyl (C=O) groups excluding carboxylic acids is 1. The van der Waals surface area contributed by atoms with E-state index in [0.29, 0.717) is 5.56 Å². The molecule has 0 bridgehead atoms. The largest absolute Gasteiger partial charge is 0.477 e. The van der Waals surface area contributed by atoms with Crippen molar-refractivity contribution in [1.82, 2.24) is 15.3 Å². The fraction of sp³-hybridized carbons (Fsp3) is 0.0833. The fourth-order valence-electron chi connectivity index (χ4n) is 1.55. The maximum absolute atomic E-state index is 13.0. The van der Waals surface area contributed by atoms with E-state index in [1.807, 2.05) is 0 Å². The van der Waals surface area contributed by atoms with Gasteiger partial charge in [-0.15, -0.1) is 0 Å². The highest BCUT2D eigenvalue weighted by Gasteiger charge is 2.19. The van der Waals surface area contributed by atoms with Crippen LogP contribution in [0.15, 0.2) is 24.5 Å². The highest BCUT2D eigenvalue weighted by molar-refractivity contribution is 6.30. The van der Waals surface area contributed by atoms with E-state index in [1.165, 1.54) is 18.2 Å². The average Bonchev–Trinajstić information content (AvgIpc) is 2.89. The Morgan fingerprint density at radius 3 is 2.85 bits per heavy atom. The first-order chi connectivity index (χ1) is 9.49. The summed E-state index contributed by atoms with van der Waals surface area (Å²) in [4.78, 5) is 28.6. The summed E-state index contributed by atoms with van der Waals surface area (Å²) in [5, 5.41) is 11.3. The van der Waals surface area contributed by atoms with Gasteiger partial charge in [0.15, 0.2) is 11.4 Å². The number of hydrogen-bond donors (Lipinski definition) is 3. The highest BCUT2D eigenvalue weighted by atomic mass is 35.5. The molecule has 2 rings (SSSR count). The molecule has 6 nitrogen and oxygen atoms in total. The number of H-pyrrole nitrogens is 1. The molecule has 0 atom stereocenters. The zero-order valence-corrected chi connectivity index (χ0v) is 10.7. The second kappa shape index (κ2) is 5.70. The molecular formula is C12H9ClFN3O3. The molecule has 104 valence electrons. The number of nitrogens with zero attached hydrogens (tertiary/aromatic N) is 1. The minimum absolute atomic E-state index is 0.0530. The Balaban J connectivity index is 2.07. The second-order valence-electron chi connectivity index (χ2n) is 3.86. The van der Waals surface area contributed by atoms with Gasteiger partial charge < -0.3 is 15.4 Å². The summed E-state index contributed by atoms with van der Waals surface area (Å²) in [5.41, 5.74) is 0.0718. The number of carboxylic acids is 1. The van der Waals surface area contributed by atoms with Gasteiger partial charge in [-0.2, -0.15) is 0 Å². The predicted octanol–water partition coefficient (Wildman–Crippen LogP) is 1.83. The third-order valence-electron chi connectivity index (χ3n) is 2.51. The van der Waals surface area contributed by atoms with Gasteiger partial charge in [0.25, 0.3) is 5.91 Å². The van der Waals surface area contributed by atoms with Crippen LogP contribution in [0.2, 0.25) is 5.02 Å². The predicted molar refractivity (Wildman–Crippen MR) is 68.1 cm³/mol. The molecular weight excluding hydrogens is 289 g/mol. The summed E-state index contributed by atoms with van der Waals surface area (Å²) in [6, 6.07) is 4.02. The third-order valence-corrected chi connectivity index (χ3v) is 2.80. The Morgan fingerprint density at radius 2 is 2.20 bits per heavy atom. The molecule has 1 heterocycles. The lowest BCUT2D eigenvalue weighted by Crippen LogP contribution is -2.25. The first kappa shape index (κ1) is 14.0. The molecule has 0 unspecified atom stereocenters. The van der Waals surface area contributed by atoms with Crippen LogP contribution in [0, 0.1) is 5.82 Å². The van der Waals surface area contributed by atoms with Gasteiger partial charge >= 0.3 is 5.97 Å². The molecule has 0 spiro atoms. The first-order valence-corrected chi connectivity index (χ1v) is 5.85. The molecule has 0 aliphatic heterocycles. The van der Waals surface area contributed by atoms with Gasteiger partial charge in [0.2, 0.25) is 0 Å². The van der Waals surface area contributed by atoms with E-state index in [0.717, 1.165) is 6.33 Å². The van der Waals surface area contributed by atoms with Crippen LogP contribution in [0.1, 0.15) is 26.5 Å². The maximum Gasteiger partial charge on any atom is 0.354 e. The number of rotatable bonds is 4. The van der Waals surface area contributed by atoms with Crippen LogP contribution in [0.25, 0.3) is 0 Å². The number of benzene rings is 1. The van der Waals surface area contributed by atoms with Crippen LogP contribution >= 0.6 is 11.6 Å². The minimum atomic E-state index is -1.28. The number of aromatic carboxylic acids is 1. The molecule has 20 heavy (non-hydrogen) atoms. The van der Waals surface area contributed by atoms with Crippen LogP contribution in [0.5, 0.6) is 0 Å². The van der Waals surface area contributed by atoms with E-state index in [-0.39, 0.29) is 23.0 Å². The average molecular weight is 298 g/mol. The Labute approximate surface area is 117 Å². The Bertz CT molecular complexity index is 672. The topological polar surface area (TPSA) is 95.1 Å². The van der Waals surface area contributed by atoms with Crippen molar-refractivity contribution in [2.24, 2.45) is 0 Å². The van der Waals surface area contributed by atoms with Crippen molar-refractivity contribution >= 4 is 23.5 Å². The van der Waals surface area contributed by atoms with E-state index in [2.05, 4.69) is 15.3 Å². The van der Waals surface area contributed by atoms with Crippen molar-refractivity contribution in [3.63, 3.8) is 0 Å². The molecule has 0 fully saturated rings. The van der Waals surface area contributed by atoms with Crippen LogP contribution in [-0.2, 0) is 6.54 Å². The minimum Gasteiger partial charge on any atom is -0.477 e. The van der Waals surface area contributed by atoms with Crippen LogP contribution in [0.3, 0.4) is 0 Å². The smallest absolute Gasteiger partial charge is 0.354 e. The van der Waals surface area contributed by atoms with Crippen molar-refractivity contribution in [2.75, 3.05) is 0 Å². The molecule has 0 saturated carbocycles. The summed E-state index contributed by atoms with van der Waals surface area (Å²) in [7, 11) is 0. The first-order valence-electron chi connectivity index (χ1n) is 5.48. The number of aromatic amines is 1. The molecule has 2 aromatic rings. The summed E-state index contributed by atoms with van der Waals surface area (Å²) in [6.45, 7) is 0.0742. The van der Waals surface area contributed by atoms with E-state index in [9.17, 15) is 14.0 Å². The van der Waals surface area contributed by atoms with Crippen molar-refractivity contribution in [3.05, 3.63) is 52.3 Å². The molecule has 0 saturated heterocycles. The number of hydrogen-bond acceptors (Lipinski definition) is 3. The monoisotopic (exact) mass is 297 g/mol. The Hall–Kier alpha value is -2.41. The summed E-state index contributed by atoms with van der Waals surface area (Å²) in [6.07, 6.45) is 1.12. The number of nitrogens with one attached hydrogen (secondary N) is 2. The van der Waals surface area contributed by atoms with Gasteiger partial charge in [-0.3, -0.25) is 4.79 Å². The molecule has 0 aliphatic carbocycles. The van der Waals surface area contributed by atoms with Gasteiger partial charge in [-0.05, 0) is 17.7 Å².